The highest BCUT2D eigenvalue weighted by Crippen LogP contribution is 2.21. The molecule has 21 heavy (non-hydrogen) atoms. The lowest BCUT2D eigenvalue weighted by Gasteiger charge is -2.26. The lowest BCUT2D eigenvalue weighted by Crippen LogP contribution is -2.38. The molecule has 1 amide bonds. The molecule has 0 aliphatic carbocycles. The molecule has 0 saturated heterocycles. The van der Waals surface area contributed by atoms with Crippen LogP contribution in [0.15, 0.2) is 17.2 Å². The Morgan fingerprint density at radius 2 is 1.95 bits per heavy atom. The molecule has 0 aliphatic rings. The van der Waals surface area contributed by atoms with Gasteiger partial charge in [-0.15, -0.1) is 0 Å². The second kappa shape index (κ2) is 7.31. The van der Waals surface area contributed by atoms with Crippen LogP contribution in [0, 0.1) is 0 Å². The zero-order valence-electron chi connectivity index (χ0n) is 13.0. The van der Waals surface area contributed by atoms with E-state index in [2.05, 4.69) is 0 Å². The Bertz CT molecular complexity index is 593. The first-order valence-corrected chi connectivity index (χ1v) is 9.49. The fourth-order valence-corrected chi connectivity index (χ4v) is 2.96. The Kier molecular flexibility index (Phi) is 6.28. The van der Waals surface area contributed by atoms with Crippen molar-refractivity contribution in [2.75, 3.05) is 6.54 Å². The summed E-state index contributed by atoms with van der Waals surface area (Å²) >= 11 is 0. The second-order valence-corrected chi connectivity index (χ2v) is 7.85. The predicted octanol–water partition coefficient (Wildman–Crippen LogP) is 3.09. The highest BCUT2D eigenvalue weighted by Gasteiger charge is 2.24. The Balaban J connectivity index is 3.26. The Labute approximate surface area is 131 Å². The number of aromatic nitrogens is 1. The quantitative estimate of drug-likeness (QED) is 0.720. The Hall–Kier alpha value is -1.01. The number of aryl methyl sites for hydroxylation is 1. The second-order valence-electron chi connectivity index (χ2n) is 5.28. The van der Waals surface area contributed by atoms with Gasteiger partial charge in [0.1, 0.15) is 10.6 Å². The molecule has 0 N–H and O–H groups in total. The number of rotatable bonds is 7. The van der Waals surface area contributed by atoms with E-state index in [1.54, 1.807) is 9.47 Å². The topological polar surface area (TPSA) is 59.4 Å². The lowest BCUT2D eigenvalue weighted by molar-refractivity contribution is 0.0694. The molecule has 1 rings (SSSR count). The molecule has 120 valence electrons. The van der Waals surface area contributed by atoms with Gasteiger partial charge in [-0.3, -0.25) is 4.79 Å². The summed E-state index contributed by atoms with van der Waals surface area (Å²) in [7, 11) is 1.55. The average Bonchev–Trinajstić information content (AvgIpc) is 2.79. The van der Waals surface area contributed by atoms with Crippen molar-refractivity contribution < 1.29 is 13.2 Å². The van der Waals surface area contributed by atoms with Crippen molar-refractivity contribution >= 4 is 25.6 Å². The third kappa shape index (κ3) is 4.48. The maximum absolute atomic E-state index is 12.7. The van der Waals surface area contributed by atoms with Gasteiger partial charge in [0.25, 0.3) is 15.0 Å². The minimum atomic E-state index is -3.83. The van der Waals surface area contributed by atoms with E-state index < -0.39 is 9.05 Å². The summed E-state index contributed by atoms with van der Waals surface area (Å²) < 4.78 is 24.6. The molecule has 0 aliphatic heterocycles. The fraction of sp³-hybridized carbons (Fsp3) is 0.643. The van der Waals surface area contributed by atoms with E-state index in [9.17, 15) is 13.2 Å². The molecule has 0 atom stereocenters. The third-order valence-electron chi connectivity index (χ3n) is 3.19. The van der Waals surface area contributed by atoms with Crippen molar-refractivity contribution in [1.82, 2.24) is 9.47 Å². The lowest BCUT2D eigenvalue weighted by atomic mass is 10.2. The van der Waals surface area contributed by atoms with Crippen molar-refractivity contribution in [3.63, 3.8) is 0 Å². The van der Waals surface area contributed by atoms with Crippen LogP contribution in [0.1, 0.15) is 51.0 Å². The van der Waals surface area contributed by atoms with Gasteiger partial charge in [-0.2, -0.15) is 0 Å². The van der Waals surface area contributed by atoms with E-state index in [0.29, 0.717) is 18.8 Å². The molecular weight excluding hydrogens is 312 g/mol. The predicted molar refractivity (Wildman–Crippen MR) is 84.2 cm³/mol. The van der Waals surface area contributed by atoms with Gasteiger partial charge < -0.3 is 9.47 Å². The van der Waals surface area contributed by atoms with Crippen LogP contribution in [-0.4, -0.2) is 36.4 Å². The summed E-state index contributed by atoms with van der Waals surface area (Å²) in [6.45, 7) is 9.07. The Morgan fingerprint density at radius 3 is 2.38 bits per heavy atom. The highest BCUT2D eigenvalue weighted by molar-refractivity contribution is 8.13. The highest BCUT2D eigenvalue weighted by atomic mass is 35.7. The molecule has 0 spiro atoms. The van der Waals surface area contributed by atoms with Gasteiger partial charge in [0.05, 0.1) is 0 Å². The van der Waals surface area contributed by atoms with Crippen LogP contribution in [-0.2, 0) is 15.6 Å². The minimum Gasteiger partial charge on any atom is -0.342 e. The summed E-state index contributed by atoms with van der Waals surface area (Å²) in [6.07, 6.45) is 3.08. The normalized spacial score (nSPS) is 11.9. The summed E-state index contributed by atoms with van der Waals surface area (Å²) in [5.74, 6) is -0.160. The van der Waals surface area contributed by atoms with Crippen LogP contribution in [0.5, 0.6) is 0 Å². The van der Waals surface area contributed by atoms with Gasteiger partial charge >= 0.3 is 0 Å². The zero-order chi connectivity index (χ0) is 16.2. The van der Waals surface area contributed by atoms with Crippen molar-refractivity contribution in [3.8, 4) is 0 Å². The average molecular weight is 335 g/mol. The van der Waals surface area contributed by atoms with E-state index in [-0.39, 0.29) is 16.8 Å². The van der Waals surface area contributed by atoms with Crippen LogP contribution in [0.2, 0.25) is 0 Å². The maximum Gasteiger partial charge on any atom is 0.270 e. The number of carbonyl (C=O) groups excluding carboxylic acids is 1. The summed E-state index contributed by atoms with van der Waals surface area (Å²) in [4.78, 5) is 14.4. The van der Waals surface area contributed by atoms with Crippen molar-refractivity contribution in [3.05, 3.63) is 18.0 Å². The third-order valence-corrected chi connectivity index (χ3v) is 4.51. The molecule has 0 aromatic carbocycles. The van der Waals surface area contributed by atoms with E-state index in [1.165, 1.54) is 12.3 Å². The number of hydrogen-bond acceptors (Lipinski definition) is 3. The van der Waals surface area contributed by atoms with Crippen LogP contribution in [0.4, 0.5) is 0 Å². The monoisotopic (exact) mass is 334 g/mol. The first-order valence-electron chi connectivity index (χ1n) is 7.18. The summed E-state index contributed by atoms with van der Waals surface area (Å²) in [5, 5.41) is 0. The van der Waals surface area contributed by atoms with Gasteiger partial charge in [-0.05, 0) is 32.8 Å². The fourth-order valence-electron chi connectivity index (χ4n) is 2.20. The number of nitrogens with zero attached hydrogens (tertiary/aromatic N) is 2. The molecule has 1 heterocycles. The molecule has 0 unspecified atom stereocenters. The smallest absolute Gasteiger partial charge is 0.270 e. The van der Waals surface area contributed by atoms with E-state index in [1.807, 2.05) is 27.7 Å². The SMILES string of the molecule is CCCN(C(=O)c1cc(S(=O)(=O)Cl)cn1CCC)C(C)C. The Morgan fingerprint density at radius 1 is 1.33 bits per heavy atom. The van der Waals surface area contributed by atoms with Crippen molar-refractivity contribution in [2.45, 2.75) is 58.0 Å². The van der Waals surface area contributed by atoms with Gasteiger partial charge in [-0.25, -0.2) is 8.42 Å². The van der Waals surface area contributed by atoms with Crippen LogP contribution >= 0.6 is 10.7 Å². The molecule has 0 saturated carbocycles. The number of amides is 1. The van der Waals surface area contributed by atoms with Gasteiger partial charge in [0, 0.05) is 36.0 Å². The van der Waals surface area contributed by atoms with Gasteiger partial charge in [0.2, 0.25) is 0 Å². The minimum absolute atomic E-state index is 0.0267. The van der Waals surface area contributed by atoms with Crippen molar-refractivity contribution in [2.24, 2.45) is 0 Å². The standard InChI is InChI=1S/C14H23ClN2O3S/c1-5-7-16-10-12(21(15,19)20)9-13(16)14(18)17(8-6-2)11(3)4/h9-11H,5-8H2,1-4H3. The number of carbonyl (C=O) groups is 1. The van der Waals surface area contributed by atoms with Crippen LogP contribution in [0.3, 0.4) is 0 Å². The summed E-state index contributed by atoms with van der Waals surface area (Å²) in [6, 6.07) is 1.42. The first kappa shape index (κ1) is 18.0. The van der Waals surface area contributed by atoms with Crippen LogP contribution in [0.25, 0.3) is 0 Å². The molecule has 1 aromatic heterocycles. The molecular formula is C14H23ClN2O3S. The van der Waals surface area contributed by atoms with Gasteiger partial charge in [-0.1, -0.05) is 13.8 Å². The number of hydrogen-bond donors (Lipinski definition) is 0. The van der Waals surface area contributed by atoms with E-state index in [0.717, 1.165) is 12.8 Å². The van der Waals surface area contributed by atoms with E-state index >= 15 is 0 Å². The number of halogens is 1. The van der Waals surface area contributed by atoms with Crippen molar-refractivity contribution in [1.29, 1.82) is 0 Å². The molecule has 1 aromatic rings. The summed E-state index contributed by atoms with van der Waals surface area (Å²) in [5.41, 5.74) is 0.373. The molecule has 5 nitrogen and oxygen atoms in total. The molecule has 7 heteroatoms. The van der Waals surface area contributed by atoms with Crippen LogP contribution < -0.4 is 0 Å². The molecule has 0 bridgehead atoms. The molecule has 0 radical (unpaired) electrons. The largest absolute Gasteiger partial charge is 0.342 e. The first-order chi connectivity index (χ1) is 9.72. The van der Waals surface area contributed by atoms with Gasteiger partial charge in [0.15, 0.2) is 0 Å². The maximum atomic E-state index is 12.7. The van der Waals surface area contributed by atoms with E-state index in [4.69, 9.17) is 10.7 Å². The molecule has 0 fully saturated rings. The zero-order valence-corrected chi connectivity index (χ0v) is 14.5.